The second-order valence-electron chi connectivity index (χ2n) is 8.91. The molecule has 188 valence electrons. The maximum Gasteiger partial charge on any atom is 0.257 e. The molecule has 9 heteroatoms. The van der Waals surface area contributed by atoms with Crippen LogP contribution in [0.15, 0.2) is 66.9 Å². The molecule has 0 saturated carbocycles. The topological polar surface area (TPSA) is 65.4 Å². The van der Waals surface area contributed by atoms with Crippen molar-refractivity contribution in [2.75, 3.05) is 7.11 Å². The molecule has 0 spiro atoms. The summed E-state index contributed by atoms with van der Waals surface area (Å²) >= 11 is 0. The van der Waals surface area contributed by atoms with Gasteiger partial charge in [0.1, 0.15) is 29.2 Å². The van der Waals surface area contributed by atoms with Crippen molar-refractivity contribution < 1.29 is 27.4 Å². The lowest BCUT2D eigenvalue weighted by Gasteiger charge is -2.29. The lowest BCUT2D eigenvalue weighted by molar-refractivity contribution is -0.132. The van der Waals surface area contributed by atoms with Gasteiger partial charge >= 0.3 is 0 Å². The lowest BCUT2D eigenvalue weighted by atomic mass is 10.0. The number of fused-ring (bicyclic) bond motifs is 1. The molecular weight excluding hydrogens is 471 g/mol. The summed E-state index contributed by atoms with van der Waals surface area (Å²) in [6, 6.07) is 14.4. The molecule has 4 rings (SSSR count). The van der Waals surface area contributed by atoms with E-state index in [9.17, 15) is 18.0 Å². The zero-order valence-corrected chi connectivity index (χ0v) is 20.3. The van der Waals surface area contributed by atoms with E-state index in [4.69, 9.17) is 9.47 Å². The summed E-state index contributed by atoms with van der Waals surface area (Å²) in [5.41, 5.74) is -0.315. The van der Waals surface area contributed by atoms with Gasteiger partial charge in [-0.3, -0.25) is 4.79 Å². The fraction of sp³-hybridized carbons (Fsp3) is 0.259. The molecule has 0 aliphatic rings. The van der Waals surface area contributed by atoms with Crippen molar-refractivity contribution in [2.45, 2.75) is 38.6 Å². The smallest absolute Gasteiger partial charge is 0.257 e. The minimum Gasteiger partial charge on any atom is -0.496 e. The van der Waals surface area contributed by atoms with Crippen LogP contribution in [0.2, 0.25) is 0 Å². The normalized spacial score (nSPS) is 13.3. The van der Waals surface area contributed by atoms with Gasteiger partial charge in [-0.2, -0.15) is 5.10 Å². The third-order valence-corrected chi connectivity index (χ3v) is 5.72. The largest absolute Gasteiger partial charge is 0.496 e. The van der Waals surface area contributed by atoms with Gasteiger partial charge in [0.05, 0.1) is 30.6 Å². The van der Waals surface area contributed by atoms with E-state index in [0.717, 1.165) is 24.8 Å². The van der Waals surface area contributed by atoms with E-state index in [1.807, 2.05) is 0 Å². The van der Waals surface area contributed by atoms with Crippen molar-refractivity contribution >= 4 is 16.8 Å². The molecule has 1 N–H and O–H groups in total. The number of nitrogens with one attached hydrogen (secondary N) is 1. The van der Waals surface area contributed by atoms with Crippen LogP contribution in [0.5, 0.6) is 11.5 Å². The Balaban J connectivity index is 1.70. The summed E-state index contributed by atoms with van der Waals surface area (Å²) in [7, 11) is 1.44. The summed E-state index contributed by atoms with van der Waals surface area (Å²) < 4.78 is 55.0. The van der Waals surface area contributed by atoms with Gasteiger partial charge in [0.15, 0.2) is 5.67 Å². The van der Waals surface area contributed by atoms with Crippen LogP contribution >= 0.6 is 0 Å². The minimum absolute atomic E-state index is 0.345. The SMILES string of the molecule is COc1ccc(F)cc1[C@@H](Oc1ccc2c(cnn2-c2ccc(F)cc2)c1)[C@H](C)NC(=O)C(C)(C)F. The average molecular weight is 498 g/mol. The van der Waals surface area contributed by atoms with Crippen LogP contribution < -0.4 is 14.8 Å². The predicted molar refractivity (Wildman–Crippen MR) is 130 cm³/mol. The van der Waals surface area contributed by atoms with Gasteiger partial charge < -0.3 is 14.8 Å². The van der Waals surface area contributed by atoms with Gasteiger partial charge in [-0.15, -0.1) is 0 Å². The Morgan fingerprint density at radius 2 is 1.72 bits per heavy atom. The predicted octanol–water partition coefficient (Wildman–Crippen LogP) is 5.69. The third kappa shape index (κ3) is 5.30. The van der Waals surface area contributed by atoms with Gasteiger partial charge in [0, 0.05) is 10.9 Å². The lowest BCUT2D eigenvalue weighted by Crippen LogP contribution is -2.46. The van der Waals surface area contributed by atoms with Gasteiger partial charge in [-0.25, -0.2) is 17.9 Å². The van der Waals surface area contributed by atoms with E-state index >= 15 is 0 Å². The zero-order chi connectivity index (χ0) is 26.0. The number of nitrogens with zero attached hydrogens (tertiary/aromatic N) is 2. The Morgan fingerprint density at radius 3 is 2.39 bits per heavy atom. The average Bonchev–Trinajstić information content (AvgIpc) is 3.25. The quantitative estimate of drug-likeness (QED) is 0.340. The molecule has 0 bridgehead atoms. The monoisotopic (exact) mass is 497 g/mol. The van der Waals surface area contributed by atoms with Gasteiger partial charge in [-0.05, 0) is 81.4 Å². The molecule has 3 aromatic carbocycles. The number of hydrogen-bond donors (Lipinski definition) is 1. The van der Waals surface area contributed by atoms with Crippen LogP contribution in [-0.2, 0) is 4.79 Å². The van der Waals surface area contributed by atoms with Crippen molar-refractivity contribution in [3.63, 3.8) is 0 Å². The fourth-order valence-electron chi connectivity index (χ4n) is 3.84. The van der Waals surface area contributed by atoms with Crippen LogP contribution in [0.3, 0.4) is 0 Å². The molecule has 0 radical (unpaired) electrons. The molecule has 1 aromatic heterocycles. The zero-order valence-electron chi connectivity index (χ0n) is 20.3. The highest BCUT2D eigenvalue weighted by Gasteiger charge is 2.32. The first-order chi connectivity index (χ1) is 17.1. The Kier molecular flexibility index (Phi) is 6.92. The molecule has 1 heterocycles. The summed E-state index contributed by atoms with van der Waals surface area (Å²) in [5.74, 6) is -0.915. The number of amides is 1. The van der Waals surface area contributed by atoms with Crippen molar-refractivity contribution in [3.8, 4) is 17.2 Å². The van der Waals surface area contributed by atoms with Crippen molar-refractivity contribution in [3.05, 3.63) is 84.1 Å². The van der Waals surface area contributed by atoms with Crippen molar-refractivity contribution in [1.82, 2.24) is 15.1 Å². The number of ether oxygens (including phenoxy) is 2. The molecule has 36 heavy (non-hydrogen) atoms. The molecule has 6 nitrogen and oxygen atoms in total. The number of halogens is 3. The first kappa shape index (κ1) is 25.1. The molecular formula is C27H26F3N3O3. The Labute approximate surface area is 206 Å². The van der Waals surface area contributed by atoms with Gasteiger partial charge in [-0.1, -0.05) is 0 Å². The Hall–Kier alpha value is -4.01. The summed E-state index contributed by atoms with van der Waals surface area (Å²) in [5, 5.41) is 7.74. The number of rotatable bonds is 8. The fourth-order valence-corrected chi connectivity index (χ4v) is 3.84. The first-order valence-corrected chi connectivity index (χ1v) is 11.3. The van der Waals surface area contributed by atoms with E-state index in [1.54, 1.807) is 48.1 Å². The van der Waals surface area contributed by atoms with E-state index in [2.05, 4.69) is 10.4 Å². The summed E-state index contributed by atoms with van der Waals surface area (Å²) in [6.45, 7) is 3.95. The van der Waals surface area contributed by atoms with Crippen LogP contribution in [0, 0.1) is 11.6 Å². The highest BCUT2D eigenvalue weighted by molar-refractivity contribution is 5.84. The molecule has 0 fully saturated rings. The molecule has 2 atom stereocenters. The van der Waals surface area contributed by atoms with Crippen LogP contribution in [0.25, 0.3) is 16.6 Å². The van der Waals surface area contributed by atoms with E-state index in [-0.39, 0.29) is 5.82 Å². The van der Waals surface area contributed by atoms with E-state index < -0.39 is 29.5 Å². The number of hydrogen-bond acceptors (Lipinski definition) is 4. The second-order valence-corrected chi connectivity index (χ2v) is 8.91. The maximum absolute atomic E-state index is 14.2. The number of methoxy groups -OCH3 is 1. The van der Waals surface area contributed by atoms with E-state index in [1.165, 1.54) is 37.4 Å². The first-order valence-electron chi connectivity index (χ1n) is 11.3. The van der Waals surface area contributed by atoms with E-state index in [0.29, 0.717) is 22.7 Å². The van der Waals surface area contributed by atoms with Crippen LogP contribution in [0.4, 0.5) is 13.2 Å². The highest BCUT2D eigenvalue weighted by Crippen LogP contribution is 2.34. The molecule has 0 aliphatic heterocycles. The van der Waals surface area contributed by atoms with Gasteiger partial charge in [0.25, 0.3) is 5.91 Å². The highest BCUT2D eigenvalue weighted by atomic mass is 19.1. The minimum atomic E-state index is -2.11. The number of carbonyl (C=O) groups is 1. The van der Waals surface area contributed by atoms with Crippen molar-refractivity contribution in [1.29, 1.82) is 0 Å². The Bertz CT molecular complexity index is 1380. The number of alkyl halides is 1. The standard InChI is InChI=1S/C27H26F3N3O3/c1-16(32-26(34)27(2,3)30)25(22-14-19(29)7-12-24(22)35-4)36-21-10-11-23-17(13-21)15-31-33(23)20-8-5-18(28)6-9-20/h5-16,25H,1-4H3,(H,32,34)/t16-,25-/m0/s1. The number of carbonyl (C=O) groups excluding carboxylic acids is 1. The van der Waals surface area contributed by atoms with Gasteiger partial charge in [0.2, 0.25) is 0 Å². The molecule has 0 aliphatic carbocycles. The third-order valence-electron chi connectivity index (χ3n) is 5.72. The number of aromatic nitrogens is 2. The second kappa shape index (κ2) is 9.93. The van der Waals surface area contributed by atoms with Crippen LogP contribution in [0.1, 0.15) is 32.4 Å². The summed E-state index contributed by atoms with van der Waals surface area (Å²) in [6.07, 6.45) is 0.728. The van der Waals surface area contributed by atoms with Crippen molar-refractivity contribution in [2.24, 2.45) is 0 Å². The number of benzene rings is 3. The molecule has 1 amide bonds. The maximum atomic E-state index is 14.2. The van der Waals surface area contributed by atoms with Crippen LogP contribution in [-0.4, -0.2) is 34.5 Å². The molecule has 0 saturated heterocycles. The molecule has 4 aromatic rings. The molecule has 0 unspecified atom stereocenters. The summed E-state index contributed by atoms with van der Waals surface area (Å²) in [4.78, 5) is 12.3. The Morgan fingerprint density at radius 1 is 1.03 bits per heavy atom.